The predicted octanol–water partition coefficient (Wildman–Crippen LogP) is 1.14. The van der Waals surface area contributed by atoms with E-state index in [4.69, 9.17) is 4.74 Å². The van der Waals surface area contributed by atoms with Crippen LogP contribution in [0.3, 0.4) is 0 Å². The van der Waals surface area contributed by atoms with Crippen LogP contribution in [0.15, 0.2) is 24.3 Å². The van der Waals surface area contributed by atoms with Gasteiger partial charge in [-0.3, -0.25) is 9.69 Å². The highest BCUT2D eigenvalue weighted by atomic mass is 16.5. The molecule has 0 N–H and O–H groups in total. The second kappa shape index (κ2) is 3.96. The van der Waals surface area contributed by atoms with Gasteiger partial charge in [0.15, 0.2) is 0 Å². The molecule has 1 amide bonds. The molecule has 1 aromatic carbocycles. The van der Waals surface area contributed by atoms with Gasteiger partial charge in [-0.15, -0.1) is 0 Å². The Morgan fingerprint density at radius 2 is 2.06 bits per heavy atom. The fraction of sp³-hybridized carbons (Fsp3) is 0.333. The minimum absolute atomic E-state index is 0.139. The van der Waals surface area contributed by atoms with E-state index >= 15 is 0 Å². The number of ether oxygens (including phenoxy) is 1. The highest BCUT2D eigenvalue weighted by molar-refractivity contribution is 6.01. The highest BCUT2D eigenvalue weighted by Crippen LogP contribution is 2.32. The van der Waals surface area contributed by atoms with E-state index in [1.165, 1.54) is 18.9 Å². The molecule has 4 nitrogen and oxygen atoms in total. The largest absolute Gasteiger partial charge is 0.467 e. The van der Waals surface area contributed by atoms with Crippen LogP contribution in [0.1, 0.15) is 12.5 Å². The first kappa shape index (κ1) is 10.7. The van der Waals surface area contributed by atoms with Crippen LogP contribution >= 0.6 is 0 Å². The molecule has 0 aromatic heterocycles. The topological polar surface area (TPSA) is 46.6 Å². The molecule has 0 radical (unpaired) electrons. The summed E-state index contributed by atoms with van der Waals surface area (Å²) in [5, 5.41) is 0. The maximum Gasteiger partial charge on any atom is 0.329 e. The lowest BCUT2D eigenvalue weighted by Crippen LogP contribution is -2.42. The zero-order valence-corrected chi connectivity index (χ0v) is 9.27. The van der Waals surface area contributed by atoms with E-state index in [2.05, 4.69) is 0 Å². The number of hydrogen-bond acceptors (Lipinski definition) is 3. The van der Waals surface area contributed by atoms with Gasteiger partial charge in [-0.25, -0.2) is 4.79 Å². The third kappa shape index (κ3) is 1.56. The third-order valence-corrected chi connectivity index (χ3v) is 2.79. The SMILES string of the molecule is COC(=O)[C@@H]1Cc2ccccc2N1C(C)=O. The van der Waals surface area contributed by atoms with Crippen molar-refractivity contribution in [3.63, 3.8) is 0 Å². The van der Waals surface area contributed by atoms with Crippen molar-refractivity contribution in [2.24, 2.45) is 0 Å². The van der Waals surface area contributed by atoms with Crippen molar-refractivity contribution in [3.8, 4) is 0 Å². The summed E-state index contributed by atoms with van der Waals surface area (Å²) in [5.74, 6) is -0.508. The second-order valence-corrected chi connectivity index (χ2v) is 3.76. The maximum absolute atomic E-state index is 11.6. The van der Waals surface area contributed by atoms with Gasteiger partial charge < -0.3 is 4.74 Å². The first-order valence-electron chi connectivity index (χ1n) is 5.10. The summed E-state index contributed by atoms with van der Waals surface area (Å²) < 4.78 is 4.71. The number of esters is 1. The molecule has 0 saturated heterocycles. The van der Waals surface area contributed by atoms with E-state index in [-0.39, 0.29) is 11.9 Å². The lowest BCUT2D eigenvalue weighted by molar-refractivity contribution is -0.143. The molecule has 4 heteroatoms. The van der Waals surface area contributed by atoms with E-state index in [0.29, 0.717) is 6.42 Å². The van der Waals surface area contributed by atoms with Crippen LogP contribution in [0.2, 0.25) is 0 Å². The molecule has 0 aliphatic carbocycles. The summed E-state index contributed by atoms with van der Waals surface area (Å²) in [4.78, 5) is 24.6. The molecule has 84 valence electrons. The van der Waals surface area contributed by atoms with Crippen LogP contribution in [0.25, 0.3) is 0 Å². The number of para-hydroxylation sites is 1. The summed E-state index contributed by atoms with van der Waals surface area (Å²) in [6.45, 7) is 1.46. The van der Waals surface area contributed by atoms with E-state index < -0.39 is 6.04 Å². The molecule has 0 saturated carbocycles. The van der Waals surface area contributed by atoms with Gasteiger partial charge in [-0.2, -0.15) is 0 Å². The van der Waals surface area contributed by atoms with Crippen LogP contribution in [0.5, 0.6) is 0 Å². The number of rotatable bonds is 1. The van der Waals surface area contributed by atoms with Gasteiger partial charge in [0.1, 0.15) is 6.04 Å². The molecule has 1 aliphatic heterocycles. The Balaban J connectivity index is 2.41. The smallest absolute Gasteiger partial charge is 0.329 e. The standard InChI is InChI=1S/C12H13NO3/c1-8(14)13-10-6-4-3-5-9(10)7-11(13)12(15)16-2/h3-6,11H,7H2,1-2H3/t11-/m0/s1. The average molecular weight is 219 g/mol. The van der Waals surface area contributed by atoms with Crippen molar-refractivity contribution in [2.45, 2.75) is 19.4 Å². The number of fused-ring (bicyclic) bond motifs is 1. The molecule has 1 heterocycles. The number of methoxy groups -OCH3 is 1. The summed E-state index contributed by atoms with van der Waals surface area (Å²) in [6, 6.07) is 7.01. The Labute approximate surface area is 93.8 Å². The van der Waals surface area contributed by atoms with E-state index in [1.807, 2.05) is 24.3 Å². The second-order valence-electron chi connectivity index (χ2n) is 3.76. The van der Waals surface area contributed by atoms with Crippen molar-refractivity contribution in [2.75, 3.05) is 12.0 Å². The number of anilines is 1. The van der Waals surface area contributed by atoms with Crippen molar-refractivity contribution in [1.82, 2.24) is 0 Å². The number of nitrogens with zero attached hydrogens (tertiary/aromatic N) is 1. The van der Waals surface area contributed by atoms with Crippen LogP contribution < -0.4 is 4.90 Å². The number of amides is 1. The van der Waals surface area contributed by atoms with Crippen LogP contribution in [0, 0.1) is 0 Å². The summed E-state index contributed by atoms with van der Waals surface area (Å²) in [7, 11) is 1.34. The Bertz CT molecular complexity index is 442. The minimum Gasteiger partial charge on any atom is -0.467 e. The van der Waals surface area contributed by atoms with Crippen molar-refractivity contribution in [3.05, 3.63) is 29.8 Å². The van der Waals surface area contributed by atoms with Crippen molar-refractivity contribution in [1.29, 1.82) is 0 Å². The molecule has 0 bridgehead atoms. The Morgan fingerprint density at radius 3 is 2.69 bits per heavy atom. The molecule has 2 rings (SSSR count). The molecule has 0 spiro atoms. The molecule has 0 fully saturated rings. The fourth-order valence-electron chi connectivity index (χ4n) is 2.10. The molecule has 1 atom stereocenters. The van der Waals surface area contributed by atoms with Gasteiger partial charge in [-0.05, 0) is 11.6 Å². The van der Waals surface area contributed by atoms with E-state index in [0.717, 1.165) is 11.3 Å². The molecule has 0 unspecified atom stereocenters. The average Bonchev–Trinajstić information content (AvgIpc) is 2.67. The normalized spacial score (nSPS) is 18.1. The van der Waals surface area contributed by atoms with Gasteiger partial charge in [-0.1, -0.05) is 18.2 Å². The van der Waals surface area contributed by atoms with Crippen LogP contribution in [-0.2, 0) is 20.7 Å². The maximum atomic E-state index is 11.6. The first-order chi connectivity index (χ1) is 7.65. The summed E-state index contributed by atoms with van der Waals surface area (Å²) in [6.07, 6.45) is 0.530. The predicted molar refractivity (Wildman–Crippen MR) is 59.1 cm³/mol. The zero-order chi connectivity index (χ0) is 11.7. The number of carbonyl (C=O) groups is 2. The van der Waals surface area contributed by atoms with Crippen LogP contribution in [-0.4, -0.2) is 25.0 Å². The monoisotopic (exact) mass is 219 g/mol. The zero-order valence-electron chi connectivity index (χ0n) is 9.27. The van der Waals surface area contributed by atoms with Gasteiger partial charge in [0.2, 0.25) is 5.91 Å². The van der Waals surface area contributed by atoms with Gasteiger partial charge in [0, 0.05) is 19.0 Å². The quantitative estimate of drug-likeness (QED) is 0.665. The number of hydrogen-bond donors (Lipinski definition) is 0. The van der Waals surface area contributed by atoms with Crippen molar-refractivity contribution >= 4 is 17.6 Å². The molecule has 1 aromatic rings. The number of benzene rings is 1. The Hall–Kier alpha value is -1.84. The molecule has 16 heavy (non-hydrogen) atoms. The van der Waals surface area contributed by atoms with Crippen LogP contribution in [0.4, 0.5) is 5.69 Å². The molecular weight excluding hydrogens is 206 g/mol. The lowest BCUT2D eigenvalue weighted by Gasteiger charge is -2.21. The highest BCUT2D eigenvalue weighted by Gasteiger charge is 2.37. The lowest BCUT2D eigenvalue weighted by atomic mass is 10.1. The van der Waals surface area contributed by atoms with Gasteiger partial charge >= 0.3 is 5.97 Å². The first-order valence-corrected chi connectivity index (χ1v) is 5.10. The van der Waals surface area contributed by atoms with Gasteiger partial charge in [0.25, 0.3) is 0 Å². The third-order valence-electron chi connectivity index (χ3n) is 2.79. The molecular formula is C12H13NO3. The summed E-state index contributed by atoms with van der Waals surface area (Å²) >= 11 is 0. The van der Waals surface area contributed by atoms with Crippen molar-refractivity contribution < 1.29 is 14.3 Å². The van der Waals surface area contributed by atoms with Gasteiger partial charge in [0.05, 0.1) is 7.11 Å². The fourth-order valence-corrected chi connectivity index (χ4v) is 2.10. The minimum atomic E-state index is -0.514. The Kier molecular flexibility index (Phi) is 2.64. The van der Waals surface area contributed by atoms with E-state index in [9.17, 15) is 9.59 Å². The Morgan fingerprint density at radius 1 is 1.38 bits per heavy atom. The van der Waals surface area contributed by atoms with E-state index in [1.54, 1.807) is 0 Å². The molecule has 1 aliphatic rings. The summed E-state index contributed by atoms with van der Waals surface area (Å²) in [5.41, 5.74) is 1.82. The number of carbonyl (C=O) groups excluding carboxylic acids is 2.